The van der Waals surface area contributed by atoms with Crippen molar-refractivity contribution < 1.29 is 66.7 Å². The third-order valence-electron chi connectivity index (χ3n) is 10.9. The van der Waals surface area contributed by atoms with E-state index in [-0.39, 0.29) is 22.6 Å². The topological polar surface area (TPSA) is 184 Å². The van der Waals surface area contributed by atoms with E-state index in [2.05, 4.69) is 46.1 Å². The smallest absolute Gasteiger partial charge is 0.338 e. The fourth-order valence-electron chi connectivity index (χ4n) is 6.39. The van der Waals surface area contributed by atoms with Crippen molar-refractivity contribution in [1.29, 1.82) is 0 Å². The molecule has 6 aromatic rings. The molecule has 0 aromatic heterocycles. The summed E-state index contributed by atoms with van der Waals surface area (Å²) in [5.74, 6) is -0.996. The molecular weight excluding hydrogens is 1030 g/mol. The average molecular weight is 1090 g/mol. The van der Waals surface area contributed by atoms with Gasteiger partial charge in [0.25, 0.3) is 0 Å². The van der Waals surface area contributed by atoms with Crippen molar-refractivity contribution in [2.75, 3.05) is 0 Å². The Balaban J connectivity index is 0.000000264. The van der Waals surface area contributed by atoms with Crippen LogP contribution in [0.1, 0.15) is 76.3 Å². The highest BCUT2D eigenvalue weighted by molar-refractivity contribution is 5.92. The minimum atomic E-state index is -0.631. The van der Waals surface area contributed by atoms with Gasteiger partial charge in [0, 0.05) is 39.0 Å². The molecule has 416 valence electrons. The van der Waals surface area contributed by atoms with Crippen molar-refractivity contribution in [2.45, 2.75) is 68.2 Å². The minimum Gasteiger partial charge on any atom is -0.423 e. The first-order valence-electron chi connectivity index (χ1n) is 24.9. The second-order valence-corrected chi connectivity index (χ2v) is 18.8. The standard InChI is InChI=1S/C25H24O6.2C21H20O4/c1-15(2)23(26)29-20-10-7-18(8-11-20)13-19-9-12-21(30-24(27)16(3)4)22(14-19)31-25(28)17(5)6;1-14(2)20(22)24-18-9-5-16(6-10-18)13-17-7-11-19(12-8-17)25-21(23)15(3)4;1-13(2)20(22)24-17-8-6-16(7-9-17)19-11-10-18(12-15(19)5)25-21(23)14(3)4/h7-12,14H,1,3,5,13H2,2,4,6H3;5-12H,1,3,13H2,2,4H3;6-12H,1,3H2,2,4-5H3. The van der Waals surface area contributed by atoms with Crippen LogP contribution in [0.5, 0.6) is 40.2 Å². The summed E-state index contributed by atoms with van der Waals surface area (Å²) >= 11 is 0. The molecule has 81 heavy (non-hydrogen) atoms. The van der Waals surface area contributed by atoms with Crippen LogP contribution in [0.4, 0.5) is 0 Å². The molecule has 0 unspecified atom stereocenters. The first-order valence-corrected chi connectivity index (χ1v) is 24.9. The first-order chi connectivity index (χ1) is 38.2. The van der Waals surface area contributed by atoms with Gasteiger partial charge in [-0.05, 0) is 180 Å². The summed E-state index contributed by atoms with van der Waals surface area (Å²) in [7, 11) is 0. The zero-order valence-corrected chi connectivity index (χ0v) is 46.8. The molecule has 0 fully saturated rings. The van der Waals surface area contributed by atoms with E-state index in [1.54, 1.807) is 113 Å². The van der Waals surface area contributed by atoms with E-state index in [1.165, 1.54) is 13.8 Å². The van der Waals surface area contributed by atoms with Gasteiger partial charge in [-0.25, -0.2) is 33.6 Å². The van der Waals surface area contributed by atoms with Crippen LogP contribution in [0.25, 0.3) is 11.1 Å². The number of carbonyl (C=O) groups is 7. The lowest BCUT2D eigenvalue weighted by molar-refractivity contribution is -0.132. The normalized spacial score (nSPS) is 10.0. The van der Waals surface area contributed by atoms with Gasteiger partial charge in [-0.1, -0.05) is 107 Å². The van der Waals surface area contributed by atoms with Crippen molar-refractivity contribution in [3.63, 3.8) is 0 Å². The summed E-state index contributed by atoms with van der Waals surface area (Å²) in [6.07, 6.45) is 1.21. The molecule has 0 saturated carbocycles. The summed E-state index contributed by atoms with van der Waals surface area (Å²) in [4.78, 5) is 81.5. The van der Waals surface area contributed by atoms with Gasteiger partial charge in [-0.15, -0.1) is 0 Å². The molecule has 0 aliphatic heterocycles. The molecule has 0 aliphatic carbocycles. The van der Waals surface area contributed by atoms with Gasteiger partial charge in [0.1, 0.15) is 28.7 Å². The predicted molar refractivity (Wildman–Crippen MR) is 311 cm³/mol. The van der Waals surface area contributed by atoms with E-state index in [0.717, 1.165) is 38.9 Å². The maximum atomic E-state index is 12.0. The van der Waals surface area contributed by atoms with Crippen molar-refractivity contribution in [1.82, 2.24) is 0 Å². The zero-order valence-electron chi connectivity index (χ0n) is 46.8. The summed E-state index contributed by atoms with van der Waals surface area (Å²) in [6, 6.07) is 39.1. The Morgan fingerprint density at radius 2 is 0.556 bits per heavy atom. The molecule has 6 aromatic carbocycles. The van der Waals surface area contributed by atoms with Gasteiger partial charge >= 0.3 is 41.8 Å². The third-order valence-corrected chi connectivity index (χ3v) is 10.9. The number of carbonyl (C=O) groups excluding carboxylic acids is 7. The lowest BCUT2D eigenvalue weighted by Crippen LogP contribution is -2.13. The lowest BCUT2D eigenvalue weighted by Gasteiger charge is -2.13. The Bertz CT molecular complexity index is 3360. The Morgan fingerprint density at radius 1 is 0.296 bits per heavy atom. The summed E-state index contributed by atoms with van der Waals surface area (Å²) < 4.78 is 36.5. The summed E-state index contributed by atoms with van der Waals surface area (Å²) in [6.45, 7) is 37.8. The van der Waals surface area contributed by atoms with E-state index in [4.69, 9.17) is 33.2 Å². The Hall–Kier alpha value is -10.2. The molecule has 0 heterocycles. The van der Waals surface area contributed by atoms with Crippen LogP contribution in [0, 0.1) is 6.92 Å². The van der Waals surface area contributed by atoms with Crippen molar-refractivity contribution in [3.8, 4) is 51.4 Å². The SMILES string of the molecule is C=C(C)C(=O)Oc1ccc(-c2ccc(OC(=O)C(=C)C)cc2C)cc1.C=C(C)C(=O)Oc1ccc(Cc2ccc(OC(=O)C(=C)C)c(OC(=O)C(=C)C)c2)cc1.C=C(C)C(=O)Oc1ccc(Cc2ccc(OC(=O)C(=C)C)cc2)cc1. The largest absolute Gasteiger partial charge is 0.423 e. The second kappa shape index (κ2) is 30.1. The number of ether oxygens (including phenoxy) is 7. The number of aryl methyl sites for hydroxylation is 1. The minimum absolute atomic E-state index is 0.104. The van der Waals surface area contributed by atoms with Crippen molar-refractivity contribution in [2.24, 2.45) is 0 Å². The van der Waals surface area contributed by atoms with Crippen LogP contribution >= 0.6 is 0 Å². The van der Waals surface area contributed by atoms with Crippen molar-refractivity contribution >= 4 is 41.8 Å². The van der Waals surface area contributed by atoms with E-state index in [9.17, 15) is 33.6 Å². The maximum absolute atomic E-state index is 12.0. The summed E-state index contributed by atoms with van der Waals surface area (Å²) in [5.41, 5.74) is 8.95. The number of benzene rings is 6. The average Bonchev–Trinajstić information content (AvgIpc) is 3.41. The van der Waals surface area contributed by atoms with Crippen LogP contribution in [-0.2, 0) is 46.4 Å². The van der Waals surface area contributed by atoms with E-state index in [0.29, 0.717) is 69.5 Å². The highest BCUT2D eigenvalue weighted by atomic mass is 16.6. The number of hydrogen-bond donors (Lipinski definition) is 0. The molecule has 0 aliphatic rings. The van der Waals surface area contributed by atoms with Gasteiger partial charge in [0.15, 0.2) is 11.5 Å². The van der Waals surface area contributed by atoms with Crippen LogP contribution in [0.15, 0.2) is 219 Å². The quantitative estimate of drug-likeness (QED) is 0.0424. The summed E-state index contributed by atoms with van der Waals surface area (Å²) in [5, 5.41) is 0. The van der Waals surface area contributed by atoms with Gasteiger partial charge < -0.3 is 33.2 Å². The Kier molecular flexibility index (Phi) is 23.5. The van der Waals surface area contributed by atoms with E-state index in [1.807, 2.05) is 61.5 Å². The van der Waals surface area contributed by atoms with E-state index < -0.39 is 41.8 Å². The molecule has 14 nitrogen and oxygen atoms in total. The highest BCUT2D eigenvalue weighted by Gasteiger charge is 2.17. The fraction of sp³-hybridized carbons (Fsp3) is 0.149. The molecule has 0 saturated heterocycles. The molecule has 0 atom stereocenters. The molecular formula is C67H64O14. The molecule has 0 spiro atoms. The number of hydrogen-bond acceptors (Lipinski definition) is 14. The molecule has 0 N–H and O–H groups in total. The third kappa shape index (κ3) is 20.9. The lowest BCUT2D eigenvalue weighted by atomic mass is 10.0. The first kappa shape index (κ1) is 63.3. The van der Waals surface area contributed by atoms with E-state index >= 15 is 0 Å². The number of esters is 7. The Labute approximate surface area is 472 Å². The van der Waals surface area contributed by atoms with Gasteiger partial charge in [0.05, 0.1) is 0 Å². The van der Waals surface area contributed by atoms with Gasteiger partial charge in [-0.3, -0.25) is 0 Å². The Morgan fingerprint density at radius 3 is 0.877 bits per heavy atom. The fourth-order valence-corrected chi connectivity index (χ4v) is 6.39. The maximum Gasteiger partial charge on any atom is 0.338 e. The highest BCUT2D eigenvalue weighted by Crippen LogP contribution is 2.32. The van der Waals surface area contributed by atoms with Crippen LogP contribution in [0.3, 0.4) is 0 Å². The van der Waals surface area contributed by atoms with Gasteiger partial charge in [0.2, 0.25) is 0 Å². The van der Waals surface area contributed by atoms with Crippen LogP contribution in [0.2, 0.25) is 0 Å². The number of rotatable bonds is 19. The molecule has 0 bridgehead atoms. The zero-order chi connectivity index (χ0) is 60.1. The van der Waals surface area contributed by atoms with Gasteiger partial charge in [-0.2, -0.15) is 0 Å². The molecule has 6 rings (SSSR count). The molecule has 0 amide bonds. The predicted octanol–water partition coefficient (Wildman–Crippen LogP) is 13.6. The second-order valence-electron chi connectivity index (χ2n) is 18.8. The molecule has 0 radical (unpaired) electrons. The van der Waals surface area contributed by atoms with Crippen LogP contribution in [-0.4, -0.2) is 41.8 Å². The molecule has 14 heteroatoms. The monoisotopic (exact) mass is 1090 g/mol. The van der Waals surface area contributed by atoms with Crippen LogP contribution < -0.4 is 33.2 Å². The van der Waals surface area contributed by atoms with Crippen molar-refractivity contribution in [3.05, 3.63) is 246 Å².